The van der Waals surface area contributed by atoms with E-state index < -0.39 is 0 Å². The Bertz CT molecular complexity index is 1090. The number of halogens is 1. The zero-order valence-corrected chi connectivity index (χ0v) is 15.4. The van der Waals surface area contributed by atoms with Crippen LogP contribution in [0, 0.1) is 5.82 Å². The third-order valence-corrected chi connectivity index (χ3v) is 4.69. The lowest BCUT2D eigenvalue weighted by molar-refractivity contribution is -0.116. The second-order valence-corrected chi connectivity index (χ2v) is 6.76. The summed E-state index contributed by atoms with van der Waals surface area (Å²) in [5, 5.41) is 5.11. The molecule has 0 saturated heterocycles. The van der Waals surface area contributed by atoms with E-state index in [1.807, 2.05) is 23.6 Å². The molecule has 0 fully saturated rings. The summed E-state index contributed by atoms with van der Waals surface area (Å²) < 4.78 is 19.4. The number of carbonyl (C=O) groups excluding carboxylic acids is 1. The van der Waals surface area contributed by atoms with Crippen LogP contribution in [-0.4, -0.2) is 20.9 Å². The molecule has 6 nitrogen and oxygen atoms in total. The lowest BCUT2D eigenvalue weighted by atomic mass is 10.2. The maximum absolute atomic E-state index is 13.8. The van der Waals surface area contributed by atoms with Gasteiger partial charge in [-0.05, 0) is 24.3 Å². The smallest absolute Gasteiger partial charge is 0.226 e. The summed E-state index contributed by atoms with van der Waals surface area (Å²) in [5.74, 6) is 0.137. The van der Waals surface area contributed by atoms with Gasteiger partial charge in [-0.25, -0.2) is 14.4 Å². The summed E-state index contributed by atoms with van der Waals surface area (Å²) in [5.41, 5.74) is 1.80. The maximum Gasteiger partial charge on any atom is 0.226 e. The number of rotatable bonds is 6. The Morgan fingerprint density at radius 3 is 2.79 bits per heavy atom. The van der Waals surface area contributed by atoms with Gasteiger partial charge in [0.25, 0.3) is 0 Å². The van der Waals surface area contributed by atoms with Gasteiger partial charge in [0.2, 0.25) is 5.91 Å². The van der Waals surface area contributed by atoms with Crippen molar-refractivity contribution in [3.8, 4) is 22.7 Å². The molecule has 0 saturated carbocycles. The van der Waals surface area contributed by atoms with Crippen LogP contribution in [0.2, 0.25) is 0 Å². The molecule has 1 amide bonds. The molecule has 0 atom stereocenters. The molecular weight excluding hydrogens is 379 g/mol. The van der Waals surface area contributed by atoms with Crippen LogP contribution in [0.15, 0.2) is 64.7 Å². The van der Waals surface area contributed by atoms with Crippen molar-refractivity contribution in [2.24, 2.45) is 0 Å². The quantitative estimate of drug-likeness (QED) is 0.518. The number of hydrogen-bond acceptors (Lipinski definition) is 6. The average molecular weight is 394 g/mol. The normalized spacial score (nSPS) is 10.8. The Labute approximate surface area is 164 Å². The highest BCUT2D eigenvalue weighted by Crippen LogP contribution is 2.25. The van der Waals surface area contributed by atoms with E-state index in [9.17, 15) is 9.18 Å². The van der Waals surface area contributed by atoms with Gasteiger partial charge in [-0.2, -0.15) is 0 Å². The van der Waals surface area contributed by atoms with Crippen molar-refractivity contribution in [2.45, 2.75) is 12.8 Å². The largest absolute Gasteiger partial charge is 0.441 e. The highest BCUT2D eigenvalue weighted by molar-refractivity contribution is 7.14. The highest BCUT2D eigenvalue weighted by atomic mass is 32.1. The number of carbonyl (C=O) groups is 1. The van der Waals surface area contributed by atoms with E-state index in [4.69, 9.17) is 4.42 Å². The van der Waals surface area contributed by atoms with Crippen LogP contribution in [0.1, 0.15) is 12.3 Å². The third-order valence-electron chi connectivity index (χ3n) is 3.94. The molecule has 0 spiro atoms. The van der Waals surface area contributed by atoms with Gasteiger partial charge in [-0.1, -0.05) is 18.2 Å². The van der Waals surface area contributed by atoms with Crippen molar-refractivity contribution in [3.05, 3.63) is 71.9 Å². The zero-order chi connectivity index (χ0) is 19.3. The van der Waals surface area contributed by atoms with Crippen LogP contribution in [0.25, 0.3) is 22.7 Å². The van der Waals surface area contributed by atoms with Crippen LogP contribution < -0.4 is 5.32 Å². The van der Waals surface area contributed by atoms with Gasteiger partial charge >= 0.3 is 0 Å². The number of anilines is 1. The summed E-state index contributed by atoms with van der Waals surface area (Å²) in [6, 6.07) is 11.9. The minimum Gasteiger partial charge on any atom is -0.441 e. The molecular formula is C20H15FN4O2S. The SMILES string of the molecule is O=C(CCc1ncc(-c2ccccc2F)o1)Nc1nc(-c2ccccn2)cs1. The van der Waals surface area contributed by atoms with E-state index >= 15 is 0 Å². The molecule has 8 heteroatoms. The first-order chi connectivity index (χ1) is 13.7. The van der Waals surface area contributed by atoms with Crippen LogP contribution in [0.5, 0.6) is 0 Å². The average Bonchev–Trinajstić information content (AvgIpc) is 3.37. The molecule has 0 aliphatic carbocycles. The van der Waals surface area contributed by atoms with Gasteiger partial charge in [0.1, 0.15) is 11.5 Å². The number of amides is 1. The van der Waals surface area contributed by atoms with Crippen molar-refractivity contribution in [1.29, 1.82) is 0 Å². The number of aryl methyl sites for hydroxylation is 1. The van der Waals surface area contributed by atoms with Crippen LogP contribution in [0.4, 0.5) is 9.52 Å². The molecule has 3 heterocycles. The van der Waals surface area contributed by atoms with Gasteiger partial charge in [-0.15, -0.1) is 11.3 Å². The molecule has 140 valence electrons. The number of oxazole rings is 1. The van der Waals surface area contributed by atoms with Crippen molar-refractivity contribution in [1.82, 2.24) is 15.0 Å². The molecule has 4 rings (SSSR count). The fourth-order valence-electron chi connectivity index (χ4n) is 2.58. The lowest BCUT2D eigenvalue weighted by Crippen LogP contribution is -2.12. The number of aromatic nitrogens is 3. The van der Waals surface area contributed by atoms with Crippen LogP contribution >= 0.6 is 11.3 Å². The van der Waals surface area contributed by atoms with E-state index in [0.717, 1.165) is 5.69 Å². The molecule has 1 aromatic carbocycles. The Kier molecular flexibility index (Phi) is 5.20. The molecule has 0 bridgehead atoms. The summed E-state index contributed by atoms with van der Waals surface area (Å²) in [6.07, 6.45) is 3.64. The van der Waals surface area contributed by atoms with E-state index in [1.54, 1.807) is 24.4 Å². The summed E-state index contributed by atoms with van der Waals surface area (Å²) in [7, 11) is 0. The van der Waals surface area contributed by atoms with E-state index in [0.29, 0.717) is 34.5 Å². The molecule has 0 radical (unpaired) electrons. The highest BCUT2D eigenvalue weighted by Gasteiger charge is 2.13. The monoisotopic (exact) mass is 394 g/mol. The lowest BCUT2D eigenvalue weighted by Gasteiger charge is -2.00. The first-order valence-corrected chi connectivity index (χ1v) is 9.43. The second-order valence-electron chi connectivity index (χ2n) is 5.90. The standard InChI is InChI=1S/C20H15FN4O2S/c21-14-6-2-1-5-13(14)17-11-23-19(27-17)9-8-18(26)25-20-24-16(12-28-20)15-7-3-4-10-22-15/h1-7,10-12H,8-9H2,(H,24,25,26). The molecule has 3 aromatic heterocycles. The summed E-state index contributed by atoms with van der Waals surface area (Å²) in [6.45, 7) is 0. The van der Waals surface area contributed by atoms with Gasteiger partial charge in [0.05, 0.1) is 17.5 Å². The zero-order valence-electron chi connectivity index (χ0n) is 14.6. The number of benzene rings is 1. The van der Waals surface area contributed by atoms with Crippen molar-refractivity contribution >= 4 is 22.4 Å². The number of hydrogen-bond donors (Lipinski definition) is 1. The minimum absolute atomic E-state index is 0.176. The molecule has 4 aromatic rings. The maximum atomic E-state index is 13.8. The van der Waals surface area contributed by atoms with Crippen molar-refractivity contribution in [3.63, 3.8) is 0 Å². The molecule has 0 aliphatic heterocycles. The van der Waals surface area contributed by atoms with E-state index in [2.05, 4.69) is 20.3 Å². The Balaban J connectivity index is 1.34. The predicted octanol–water partition coefficient (Wildman–Crippen LogP) is 4.57. The Morgan fingerprint density at radius 2 is 1.96 bits per heavy atom. The summed E-state index contributed by atoms with van der Waals surface area (Å²) >= 11 is 1.33. The van der Waals surface area contributed by atoms with Gasteiger partial charge in [0.15, 0.2) is 16.8 Å². The Hall–Kier alpha value is -3.39. The van der Waals surface area contributed by atoms with Crippen LogP contribution in [-0.2, 0) is 11.2 Å². The first kappa shape index (κ1) is 18.0. The number of thiazole rings is 1. The molecule has 0 unspecified atom stereocenters. The van der Waals surface area contributed by atoms with E-state index in [1.165, 1.54) is 23.6 Å². The Morgan fingerprint density at radius 1 is 1.11 bits per heavy atom. The third kappa shape index (κ3) is 4.12. The fourth-order valence-corrected chi connectivity index (χ4v) is 3.30. The number of nitrogens with zero attached hydrogens (tertiary/aromatic N) is 3. The second kappa shape index (κ2) is 8.10. The number of pyridine rings is 1. The predicted molar refractivity (Wildman–Crippen MR) is 104 cm³/mol. The van der Waals surface area contributed by atoms with E-state index in [-0.39, 0.29) is 18.1 Å². The molecule has 1 N–H and O–H groups in total. The molecule has 0 aliphatic rings. The van der Waals surface area contributed by atoms with Crippen molar-refractivity contribution < 1.29 is 13.6 Å². The van der Waals surface area contributed by atoms with Crippen LogP contribution in [0.3, 0.4) is 0 Å². The molecule has 28 heavy (non-hydrogen) atoms. The van der Waals surface area contributed by atoms with Gasteiger partial charge in [0, 0.05) is 24.4 Å². The van der Waals surface area contributed by atoms with Crippen molar-refractivity contribution in [2.75, 3.05) is 5.32 Å². The minimum atomic E-state index is -0.379. The first-order valence-electron chi connectivity index (χ1n) is 8.55. The summed E-state index contributed by atoms with van der Waals surface area (Å²) in [4.78, 5) is 24.9. The fraction of sp³-hybridized carbons (Fsp3) is 0.100. The number of nitrogens with one attached hydrogen (secondary N) is 1. The van der Waals surface area contributed by atoms with Gasteiger partial charge < -0.3 is 9.73 Å². The van der Waals surface area contributed by atoms with Gasteiger partial charge in [-0.3, -0.25) is 9.78 Å². The topological polar surface area (TPSA) is 80.9 Å².